The van der Waals surface area contributed by atoms with Gasteiger partial charge in [0, 0.05) is 26.3 Å². The SMILES string of the molecule is CC(=O)N1C[C@H](O)C[C@H]1C(=O)N[C@H](Cc1ccccc1C#N)C(=O)O. The number of carboxylic acids is 1. The third-order valence-electron chi connectivity index (χ3n) is 4.16. The number of aliphatic hydroxyl groups excluding tert-OH is 1. The number of nitrogens with zero attached hydrogens (tertiary/aromatic N) is 2. The minimum atomic E-state index is -1.24. The largest absolute Gasteiger partial charge is 0.480 e. The van der Waals surface area contributed by atoms with E-state index in [9.17, 15) is 24.6 Å². The van der Waals surface area contributed by atoms with Crippen molar-refractivity contribution < 1.29 is 24.6 Å². The Kier molecular flexibility index (Phi) is 5.72. The van der Waals surface area contributed by atoms with Crippen molar-refractivity contribution in [1.29, 1.82) is 5.26 Å². The summed E-state index contributed by atoms with van der Waals surface area (Å²) in [5.41, 5.74) is 0.845. The van der Waals surface area contributed by atoms with Crippen molar-refractivity contribution in [3.05, 3.63) is 35.4 Å². The third kappa shape index (κ3) is 4.33. The van der Waals surface area contributed by atoms with Gasteiger partial charge in [-0.3, -0.25) is 9.59 Å². The normalized spacial score (nSPS) is 20.6. The molecule has 132 valence electrons. The number of hydrogen-bond acceptors (Lipinski definition) is 5. The molecule has 1 fully saturated rings. The molecule has 8 nitrogen and oxygen atoms in total. The fourth-order valence-electron chi connectivity index (χ4n) is 2.91. The minimum absolute atomic E-state index is 0.0441. The van der Waals surface area contributed by atoms with Crippen LogP contribution in [0.15, 0.2) is 24.3 Å². The summed E-state index contributed by atoms with van der Waals surface area (Å²) in [7, 11) is 0. The zero-order valence-electron chi connectivity index (χ0n) is 13.7. The molecule has 0 bridgehead atoms. The maximum atomic E-state index is 12.4. The summed E-state index contributed by atoms with van der Waals surface area (Å²) < 4.78 is 0. The van der Waals surface area contributed by atoms with Crippen molar-refractivity contribution in [2.75, 3.05) is 6.54 Å². The first-order chi connectivity index (χ1) is 11.8. The number of nitrogens with one attached hydrogen (secondary N) is 1. The number of carbonyl (C=O) groups is 3. The van der Waals surface area contributed by atoms with Gasteiger partial charge < -0.3 is 20.4 Å². The van der Waals surface area contributed by atoms with Gasteiger partial charge in [0.15, 0.2) is 0 Å². The number of benzene rings is 1. The summed E-state index contributed by atoms with van der Waals surface area (Å²) in [6.07, 6.45) is -0.811. The molecule has 1 aromatic carbocycles. The van der Waals surface area contributed by atoms with Crippen LogP contribution in [0, 0.1) is 11.3 Å². The van der Waals surface area contributed by atoms with Crippen LogP contribution in [-0.2, 0) is 20.8 Å². The van der Waals surface area contributed by atoms with E-state index in [-0.39, 0.29) is 25.3 Å². The Balaban J connectivity index is 2.14. The van der Waals surface area contributed by atoms with Crippen molar-refractivity contribution in [3.8, 4) is 6.07 Å². The van der Waals surface area contributed by atoms with Crippen LogP contribution in [0.4, 0.5) is 0 Å². The highest BCUT2D eigenvalue weighted by Gasteiger charge is 2.38. The zero-order chi connectivity index (χ0) is 18.6. The molecular formula is C17H19N3O5. The Bertz CT molecular complexity index is 727. The molecule has 1 aliphatic heterocycles. The molecule has 0 aromatic heterocycles. The van der Waals surface area contributed by atoms with E-state index < -0.39 is 30.1 Å². The van der Waals surface area contributed by atoms with Gasteiger partial charge in [-0.2, -0.15) is 5.26 Å². The quantitative estimate of drug-likeness (QED) is 0.669. The maximum Gasteiger partial charge on any atom is 0.326 e. The summed E-state index contributed by atoms with van der Waals surface area (Å²) in [4.78, 5) is 36.7. The van der Waals surface area contributed by atoms with E-state index in [1.807, 2.05) is 6.07 Å². The molecule has 8 heteroatoms. The number of likely N-dealkylation sites (tertiary alicyclic amines) is 1. The number of aliphatic hydroxyl groups is 1. The first kappa shape index (κ1) is 18.4. The highest BCUT2D eigenvalue weighted by atomic mass is 16.4. The third-order valence-corrected chi connectivity index (χ3v) is 4.16. The predicted octanol–water partition coefficient (Wildman–Crippen LogP) is -0.348. The van der Waals surface area contributed by atoms with Crippen molar-refractivity contribution in [2.45, 2.75) is 38.0 Å². The fraction of sp³-hybridized carbons (Fsp3) is 0.412. The highest BCUT2D eigenvalue weighted by Crippen LogP contribution is 2.19. The molecule has 1 aromatic rings. The molecule has 2 rings (SSSR count). The van der Waals surface area contributed by atoms with Crippen LogP contribution in [0.25, 0.3) is 0 Å². The van der Waals surface area contributed by atoms with Crippen LogP contribution in [0.3, 0.4) is 0 Å². The fourth-order valence-corrected chi connectivity index (χ4v) is 2.91. The average Bonchev–Trinajstić information content (AvgIpc) is 2.97. The minimum Gasteiger partial charge on any atom is -0.480 e. The van der Waals surface area contributed by atoms with Gasteiger partial charge in [0.05, 0.1) is 17.7 Å². The van der Waals surface area contributed by atoms with Crippen LogP contribution >= 0.6 is 0 Å². The first-order valence-corrected chi connectivity index (χ1v) is 7.80. The summed E-state index contributed by atoms with van der Waals surface area (Å²) in [6.45, 7) is 1.33. The second kappa shape index (κ2) is 7.77. The lowest BCUT2D eigenvalue weighted by atomic mass is 10.0. The Hall–Kier alpha value is -2.92. The number of carboxylic acid groups (broad SMARTS) is 1. The second-order valence-corrected chi connectivity index (χ2v) is 5.95. The van der Waals surface area contributed by atoms with Gasteiger partial charge in [0.2, 0.25) is 11.8 Å². The second-order valence-electron chi connectivity index (χ2n) is 5.95. The van der Waals surface area contributed by atoms with Crippen molar-refractivity contribution in [2.24, 2.45) is 0 Å². The molecule has 0 saturated carbocycles. The maximum absolute atomic E-state index is 12.4. The molecule has 3 N–H and O–H groups in total. The number of hydrogen-bond donors (Lipinski definition) is 3. The molecule has 0 radical (unpaired) electrons. The molecule has 2 amide bonds. The van der Waals surface area contributed by atoms with Gasteiger partial charge in [-0.15, -0.1) is 0 Å². The van der Waals surface area contributed by atoms with E-state index >= 15 is 0 Å². The van der Waals surface area contributed by atoms with Crippen LogP contribution < -0.4 is 5.32 Å². The van der Waals surface area contributed by atoms with Gasteiger partial charge in [-0.05, 0) is 11.6 Å². The van der Waals surface area contributed by atoms with E-state index in [0.717, 1.165) is 0 Å². The lowest BCUT2D eigenvalue weighted by molar-refractivity contribution is -0.143. The topological polar surface area (TPSA) is 131 Å². The van der Waals surface area contributed by atoms with Crippen molar-refractivity contribution in [3.63, 3.8) is 0 Å². The molecular weight excluding hydrogens is 326 g/mol. The first-order valence-electron chi connectivity index (χ1n) is 7.80. The molecule has 0 aliphatic carbocycles. The highest BCUT2D eigenvalue weighted by molar-refractivity contribution is 5.90. The van der Waals surface area contributed by atoms with Crippen LogP contribution in [0.5, 0.6) is 0 Å². The summed E-state index contributed by atoms with van der Waals surface area (Å²) in [6, 6.07) is 6.39. The molecule has 0 spiro atoms. The van der Waals surface area contributed by atoms with Crippen molar-refractivity contribution >= 4 is 17.8 Å². The number of β-amino-alcohol motifs (C(OH)–C–C–N with tert-alkyl or cyclic N) is 1. The van der Waals surface area contributed by atoms with Crippen LogP contribution in [0.1, 0.15) is 24.5 Å². The summed E-state index contributed by atoms with van der Waals surface area (Å²) >= 11 is 0. The van der Waals surface area contributed by atoms with Gasteiger partial charge >= 0.3 is 5.97 Å². The van der Waals surface area contributed by atoms with Crippen LogP contribution in [-0.4, -0.2) is 57.6 Å². The van der Waals surface area contributed by atoms with E-state index in [4.69, 9.17) is 5.26 Å². The van der Waals surface area contributed by atoms with E-state index in [0.29, 0.717) is 11.1 Å². The molecule has 0 unspecified atom stereocenters. The number of nitriles is 1. The van der Waals surface area contributed by atoms with Gasteiger partial charge in [-0.25, -0.2) is 4.79 Å². The number of aliphatic carboxylic acids is 1. The number of carbonyl (C=O) groups excluding carboxylic acids is 2. The van der Waals surface area contributed by atoms with Crippen LogP contribution in [0.2, 0.25) is 0 Å². The number of amides is 2. The molecule has 25 heavy (non-hydrogen) atoms. The smallest absolute Gasteiger partial charge is 0.326 e. The van der Waals surface area contributed by atoms with E-state index in [1.165, 1.54) is 11.8 Å². The van der Waals surface area contributed by atoms with Gasteiger partial charge in [0.25, 0.3) is 0 Å². The van der Waals surface area contributed by atoms with Gasteiger partial charge in [0.1, 0.15) is 12.1 Å². The van der Waals surface area contributed by atoms with Gasteiger partial charge in [-0.1, -0.05) is 18.2 Å². The van der Waals surface area contributed by atoms with Crippen molar-refractivity contribution in [1.82, 2.24) is 10.2 Å². The molecule has 1 saturated heterocycles. The molecule has 1 heterocycles. The van der Waals surface area contributed by atoms with E-state index in [2.05, 4.69) is 5.32 Å². The Morgan fingerprint density at radius 3 is 2.68 bits per heavy atom. The van der Waals surface area contributed by atoms with E-state index in [1.54, 1.807) is 24.3 Å². The average molecular weight is 345 g/mol. The lowest BCUT2D eigenvalue weighted by Gasteiger charge is -2.24. The summed E-state index contributed by atoms with van der Waals surface area (Å²) in [5.74, 6) is -2.24. The molecule has 1 aliphatic rings. The molecule has 3 atom stereocenters. The number of rotatable bonds is 5. The standard InChI is InChI=1S/C17H19N3O5/c1-10(21)20-9-13(22)7-15(20)16(23)19-14(17(24)25)6-11-4-2-3-5-12(11)8-18/h2-5,13-15,22H,6-7,9H2,1H3,(H,19,23)(H,24,25)/t13-,14-,15+/m1/s1. The predicted molar refractivity (Wildman–Crippen MR) is 86.2 cm³/mol. The monoisotopic (exact) mass is 345 g/mol. The zero-order valence-corrected chi connectivity index (χ0v) is 13.7. The summed E-state index contributed by atoms with van der Waals surface area (Å²) in [5, 5.41) is 30.6. The lowest BCUT2D eigenvalue weighted by Crippen LogP contribution is -2.51. The Morgan fingerprint density at radius 2 is 2.08 bits per heavy atom. The Morgan fingerprint density at radius 1 is 1.40 bits per heavy atom. The Labute approximate surface area is 144 Å².